The fourth-order valence-electron chi connectivity index (χ4n) is 3.04. The van der Waals surface area contributed by atoms with Gasteiger partial charge < -0.3 is 20.1 Å². The Bertz CT molecular complexity index is 1290. The first-order chi connectivity index (χ1) is 17.3. The predicted molar refractivity (Wildman–Crippen MR) is 134 cm³/mol. The lowest BCUT2D eigenvalue weighted by Crippen LogP contribution is -2.32. The minimum atomic E-state index is -1.00. The van der Waals surface area contributed by atoms with Crippen LogP contribution in [0.2, 0.25) is 0 Å². The van der Waals surface area contributed by atoms with Crippen molar-refractivity contribution in [2.75, 3.05) is 24.4 Å². The zero-order chi connectivity index (χ0) is 26.1. The SMILES string of the molecule is COc1cc(/C=N\NC(=O)C(=O)Nc2ccc(F)cc2)ccc1OCC(=O)Nc1cccc(C)c1C. The van der Waals surface area contributed by atoms with Crippen molar-refractivity contribution in [3.63, 3.8) is 0 Å². The van der Waals surface area contributed by atoms with Crippen molar-refractivity contribution in [1.82, 2.24) is 5.43 Å². The molecule has 186 valence electrons. The number of nitrogens with zero attached hydrogens (tertiary/aromatic N) is 1. The van der Waals surface area contributed by atoms with Gasteiger partial charge in [-0.05, 0) is 79.1 Å². The van der Waals surface area contributed by atoms with Crippen LogP contribution in [0.25, 0.3) is 0 Å². The quantitative estimate of drug-likeness (QED) is 0.253. The minimum Gasteiger partial charge on any atom is -0.493 e. The molecule has 10 heteroatoms. The molecular formula is C26H25FN4O5. The van der Waals surface area contributed by atoms with E-state index in [0.717, 1.165) is 28.9 Å². The largest absolute Gasteiger partial charge is 0.493 e. The molecule has 0 aromatic heterocycles. The number of carbonyl (C=O) groups is 3. The van der Waals surface area contributed by atoms with Crippen LogP contribution < -0.4 is 25.5 Å². The molecule has 0 spiro atoms. The number of aryl methyl sites for hydroxylation is 1. The molecule has 0 saturated carbocycles. The van der Waals surface area contributed by atoms with Crippen LogP contribution in [0.1, 0.15) is 16.7 Å². The number of rotatable bonds is 8. The van der Waals surface area contributed by atoms with E-state index in [4.69, 9.17) is 9.47 Å². The maximum absolute atomic E-state index is 12.9. The van der Waals surface area contributed by atoms with Crippen LogP contribution in [0.5, 0.6) is 11.5 Å². The average Bonchev–Trinajstić information content (AvgIpc) is 2.87. The highest BCUT2D eigenvalue weighted by atomic mass is 19.1. The molecule has 0 fully saturated rings. The van der Waals surface area contributed by atoms with Crippen LogP contribution in [-0.2, 0) is 14.4 Å². The van der Waals surface area contributed by atoms with Gasteiger partial charge in [0, 0.05) is 11.4 Å². The standard InChI is InChI=1S/C26H25FN4O5/c1-16-5-4-6-21(17(16)2)30-24(32)15-36-22-12-7-18(13-23(22)35-3)14-28-31-26(34)25(33)29-20-10-8-19(27)9-11-20/h4-14H,15H2,1-3H3,(H,29,33)(H,30,32)(H,31,34)/b28-14-. The molecule has 3 aromatic rings. The maximum atomic E-state index is 12.9. The molecular weight excluding hydrogens is 467 g/mol. The Morgan fingerprint density at radius 2 is 1.69 bits per heavy atom. The number of methoxy groups -OCH3 is 1. The molecule has 3 aromatic carbocycles. The van der Waals surface area contributed by atoms with Gasteiger partial charge in [-0.2, -0.15) is 5.10 Å². The van der Waals surface area contributed by atoms with Crippen molar-refractivity contribution >= 4 is 35.3 Å². The molecule has 0 aliphatic heterocycles. The Morgan fingerprint density at radius 3 is 2.42 bits per heavy atom. The van der Waals surface area contributed by atoms with Gasteiger partial charge in [0.05, 0.1) is 13.3 Å². The number of hydrogen-bond donors (Lipinski definition) is 3. The third-order valence-corrected chi connectivity index (χ3v) is 5.11. The van der Waals surface area contributed by atoms with Crippen LogP contribution in [0.3, 0.4) is 0 Å². The van der Waals surface area contributed by atoms with Crippen molar-refractivity contribution in [1.29, 1.82) is 0 Å². The molecule has 0 aliphatic carbocycles. The van der Waals surface area contributed by atoms with Gasteiger partial charge in [0.2, 0.25) is 0 Å². The van der Waals surface area contributed by atoms with Crippen molar-refractivity contribution < 1.29 is 28.2 Å². The van der Waals surface area contributed by atoms with Gasteiger partial charge in [0.25, 0.3) is 5.91 Å². The number of hydrazone groups is 1. The molecule has 0 unspecified atom stereocenters. The number of amides is 3. The Labute approximate surface area is 207 Å². The Kier molecular flexibility index (Phi) is 8.71. The summed E-state index contributed by atoms with van der Waals surface area (Å²) in [5.41, 5.74) is 5.68. The second kappa shape index (κ2) is 12.1. The lowest BCUT2D eigenvalue weighted by atomic mass is 10.1. The maximum Gasteiger partial charge on any atom is 0.329 e. The van der Waals surface area contributed by atoms with Crippen LogP contribution >= 0.6 is 0 Å². The van der Waals surface area contributed by atoms with Crippen molar-refractivity contribution in [3.8, 4) is 11.5 Å². The summed E-state index contributed by atoms with van der Waals surface area (Å²) in [5.74, 6) is -2.06. The molecule has 36 heavy (non-hydrogen) atoms. The highest BCUT2D eigenvalue weighted by Gasteiger charge is 2.13. The van der Waals surface area contributed by atoms with E-state index in [2.05, 4.69) is 21.2 Å². The number of anilines is 2. The first-order valence-corrected chi connectivity index (χ1v) is 10.8. The normalized spacial score (nSPS) is 10.6. The molecule has 3 amide bonds. The average molecular weight is 493 g/mol. The van der Waals surface area contributed by atoms with E-state index in [-0.39, 0.29) is 18.2 Å². The summed E-state index contributed by atoms with van der Waals surface area (Å²) in [4.78, 5) is 36.1. The zero-order valence-corrected chi connectivity index (χ0v) is 19.9. The molecule has 0 saturated heterocycles. The van der Waals surface area contributed by atoms with Gasteiger partial charge in [-0.1, -0.05) is 12.1 Å². The van der Waals surface area contributed by atoms with Crippen molar-refractivity contribution in [2.24, 2.45) is 5.10 Å². The number of nitrogens with one attached hydrogen (secondary N) is 3. The molecule has 3 N–H and O–H groups in total. The van der Waals surface area contributed by atoms with Crippen LogP contribution in [0, 0.1) is 19.7 Å². The van der Waals surface area contributed by atoms with E-state index in [0.29, 0.717) is 17.1 Å². The third-order valence-electron chi connectivity index (χ3n) is 5.11. The number of halogens is 1. The Morgan fingerprint density at radius 1 is 0.944 bits per heavy atom. The van der Waals surface area contributed by atoms with Crippen molar-refractivity contribution in [2.45, 2.75) is 13.8 Å². The highest BCUT2D eigenvalue weighted by Crippen LogP contribution is 2.27. The minimum absolute atomic E-state index is 0.226. The van der Waals surface area contributed by atoms with E-state index in [1.54, 1.807) is 18.2 Å². The number of hydrogen-bond acceptors (Lipinski definition) is 6. The lowest BCUT2D eigenvalue weighted by molar-refractivity contribution is -0.136. The lowest BCUT2D eigenvalue weighted by Gasteiger charge is -2.13. The summed E-state index contributed by atoms with van der Waals surface area (Å²) in [7, 11) is 1.45. The Balaban J connectivity index is 1.53. The summed E-state index contributed by atoms with van der Waals surface area (Å²) in [6, 6.07) is 15.4. The van der Waals surface area contributed by atoms with E-state index in [1.807, 2.05) is 32.0 Å². The summed E-state index contributed by atoms with van der Waals surface area (Å²) in [6.07, 6.45) is 1.31. The highest BCUT2D eigenvalue weighted by molar-refractivity contribution is 6.39. The monoisotopic (exact) mass is 492 g/mol. The van der Waals surface area contributed by atoms with E-state index in [9.17, 15) is 18.8 Å². The van der Waals surface area contributed by atoms with Gasteiger partial charge in [0.1, 0.15) is 5.82 Å². The van der Waals surface area contributed by atoms with E-state index >= 15 is 0 Å². The summed E-state index contributed by atoms with van der Waals surface area (Å²) in [6.45, 7) is 3.66. The smallest absolute Gasteiger partial charge is 0.329 e. The van der Waals surface area contributed by atoms with Gasteiger partial charge in [-0.3, -0.25) is 14.4 Å². The van der Waals surface area contributed by atoms with Crippen LogP contribution in [0.4, 0.5) is 15.8 Å². The zero-order valence-electron chi connectivity index (χ0n) is 19.9. The Hall–Kier alpha value is -4.73. The van der Waals surface area contributed by atoms with Crippen LogP contribution in [-0.4, -0.2) is 37.7 Å². The fraction of sp³-hybridized carbons (Fsp3) is 0.154. The van der Waals surface area contributed by atoms with Crippen molar-refractivity contribution in [3.05, 3.63) is 83.2 Å². The summed E-state index contributed by atoms with van der Waals surface area (Å²) < 4.78 is 23.8. The summed E-state index contributed by atoms with van der Waals surface area (Å²) in [5, 5.41) is 8.90. The molecule has 0 bridgehead atoms. The molecule has 0 radical (unpaired) electrons. The molecule has 3 rings (SSSR count). The second-order valence-corrected chi connectivity index (χ2v) is 7.65. The van der Waals surface area contributed by atoms with E-state index in [1.165, 1.54) is 25.5 Å². The topological polar surface area (TPSA) is 118 Å². The van der Waals surface area contributed by atoms with Gasteiger partial charge >= 0.3 is 11.8 Å². The van der Waals surface area contributed by atoms with Gasteiger partial charge in [-0.15, -0.1) is 0 Å². The molecule has 0 aliphatic rings. The third kappa shape index (κ3) is 7.13. The first kappa shape index (κ1) is 25.9. The number of benzene rings is 3. The summed E-state index contributed by atoms with van der Waals surface area (Å²) >= 11 is 0. The number of ether oxygens (including phenoxy) is 2. The predicted octanol–water partition coefficient (Wildman–Crippen LogP) is 3.56. The van der Waals surface area contributed by atoms with Gasteiger partial charge in [0.15, 0.2) is 18.1 Å². The number of carbonyl (C=O) groups excluding carboxylic acids is 3. The molecule has 0 heterocycles. The molecule has 0 atom stereocenters. The molecule has 9 nitrogen and oxygen atoms in total. The van der Waals surface area contributed by atoms with Crippen LogP contribution in [0.15, 0.2) is 65.8 Å². The fourth-order valence-corrected chi connectivity index (χ4v) is 3.04. The van der Waals surface area contributed by atoms with Gasteiger partial charge in [-0.25, -0.2) is 9.82 Å². The van der Waals surface area contributed by atoms with E-state index < -0.39 is 17.6 Å². The first-order valence-electron chi connectivity index (χ1n) is 10.8. The second-order valence-electron chi connectivity index (χ2n) is 7.65.